The van der Waals surface area contributed by atoms with Crippen LogP contribution in [0, 0.1) is 24.0 Å². The van der Waals surface area contributed by atoms with Crippen molar-refractivity contribution >= 4 is 40.5 Å². The molecule has 0 atom stereocenters. The van der Waals surface area contributed by atoms with Crippen LogP contribution in [0.4, 0.5) is 11.4 Å². The van der Waals surface area contributed by atoms with Crippen LogP contribution in [-0.2, 0) is 11.3 Å². The minimum absolute atomic E-state index is 0.0262. The number of non-ortho nitro benzene ring substituents is 1. The Morgan fingerprint density at radius 2 is 1.97 bits per heavy atom. The number of rotatable bonds is 6. The molecule has 10 heteroatoms. The number of carbonyl (C=O) groups is 1. The monoisotopic (exact) mass is 434 g/mol. The molecule has 0 aliphatic carbocycles. The standard InChI is InChI=1S/C19H16Cl2N4O4/c1-11-5-12(2)24(23-11)10-19(26)22-14-7-15(25(27)28)9-16(8-14)29-18-4-3-13(20)6-17(18)21/h3-9H,10H2,1-2H3,(H,22,26). The van der Waals surface area contributed by atoms with Crippen LogP contribution in [0.3, 0.4) is 0 Å². The summed E-state index contributed by atoms with van der Waals surface area (Å²) in [7, 11) is 0. The first-order valence-electron chi connectivity index (χ1n) is 8.44. The topological polar surface area (TPSA) is 99.3 Å². The quantitative estimate of drug-likeness (QED) is 0.427. The fraction of sp³-hybridized carbons (Fsp3) is 0.158. The lowest BCUT2D eigenvalue weighted by Gasteiger charge is -2.11. The van der Waals surface area contributed by atoms with Crippen LogP contribution in [0.2, 0.25) is 10.0 Å². The zero-order chi connectivity index (χ0) is 21.1. The predicted octanol–water partition coefficient (Wildman–Crippen LogP) is 5.15. The summed E-state index contributed by atoms with van der Waals surface area (Å²) in [6, 6.07) is 10.4. The Kier molecular flexibility index (Phi) is 6.05. The number of hydrogen-bond acceptors (Lipinski definition) is 5. The molecular formula is C19H16Cl2N4O4. The van der Waals surface area contributed by atoms with Crippen molar-refractivity contribution < 1.29 is 14.5 Å². The van der Waals surface area contributed by atoms with Crippen LogP contribution in [-0.4, -0.2) is 20.6 Å². The van der Waals surface area contributed by atoms with E-state index >= 15 is 0 Å². The summed E-state index contributed by atoms with van der Waals surface area (Å²) in [5.41, 5.74) is 1.60. The van der Waals surface area contributed by atoms with Crippen LogP contribution < -0.4 is 10.1 Å². The van der Waals surface area contributed by atoms with Gasteiger partial charge in [-0.3, -0.25) is 19.6 Å². The van der Waals surface area contributed by atoms with Crippen molar-refractivity contribution in [2.75, 3.05) is 5.32 Å². The Bertz CT molecular complexity index is 1100. The van der Waals surface area contributed by atoms with Gasteiger partial charge in [0.15, 0.2) is 0 Å². The highest BCUT2D eigenvalue weighted by Gasteiger charge is 2.15. The van der Waals surface area contributed by atoms with Crippen LogP contribution in [0.25, 0.3) is 0 Å². The number of ether oxygens (including phenoxy) is 1. The minimum atomic E-state index is -0.576. The molecule has 0 fully saturated rings. The van der Waals surface area contributed by atoms with E-state index < -0.39 is 4.92 Å². The number of nitro groups is 1. The molecule has 3 rings (SSSR count). The highest BCUT2D eigenvalue weighted by atomic mass is 35.5. The van der Waals surface area contributed by atoms with Gasteiger partial charge in [0, 0.05) is 22.8 Å². The van der Waals surface area contributed by atoms with E-state index in [1.165, 1.54) is 24.3 Å². The van der Waals surface area contributed by atoms with E-state index in [4.69, 9.17) is 27.9 Å². The van der Waals surface area contributed by atoms with Crippen LogP contribution in [0.5, 0.6) is 11.5 Å². The molecule has 0 bridgehead atoms. The minimum Gasteiger partial charge on any atom is -0.455 e. The summed E-state index contributed by atoms with van der Waals surface area (Å²) in [5, 5.41) is 18.8. The Morgan fingerprint density at radius 3 is 2.59 bits per heavy atom. The van der Waals surface area contributed by atoms with Gasteiger partial charge in [-0.2, -0.15) is 5.10 Å². The zero-order valence-corrected chi connectivity index (χ0v) is 17.0. The molecule has 1 aromatic heterocycles. The molecule has 1 N–H and O–H groups in total. The van der Waals surface area contributed by atoms with Crippen LogP contribution >= 0.6 is 23.2 Å². The van der Waals surface area contributed by atoms with Gasteiger partial charge in [0.1, 0.15) is 18.0 Å². The Morgan fingerprint density at radius 1 is 1.21 bits per heavy atom. The molecular weight excluding hydrogens is 419 g/mol. The van der Waals surface area contributed by atoms with Gasteiger partial charge in [-0.05, 0) is 38.1 Å². The predicted molar refractivity (Wildman–Crippen MR) is 110 cm³/mol. The fourth-order valence-corrected chi connectivity index (χ4v) is 3.12. The summed E-state index contributed by atoms with van der Waals surface area (Å²) in [5.74, 6) is 0.0356. The molecule has 150 valence electrons. The average molecular weight is 435 g/mol. The summed E-state index contributed by atoms with van der Waals surface area (Å²) in [6.07, 6.45) is 0. The Hall–Kier alpha value is -3.10. The van der Waals surface area contributed by atoms with E-state index in [2.05, 4.69) is 10.4 Å². The third-order valence-corrected chi connectivity index (χ3v) is 4.43. The zero-order valence-electron chi connectivity index (χ0n) is 15.5. The SMILES string of the molecule is Cc1cc(C)n(CC(=O)Nc2cc(Oc3ccc(Cl)cc3Cl)cc([N+](=O)[O-])c2)n1. The van der Waals surface area contributed by atoms with Crippen LogP contribution in [0.1, 0.15) is 11.4 Å². The second-order valence-corrected chi connectivity index (χ2v) is 7.13. The van der Waals surface area contributed by atoms with Gasteiger partial charge in [0.2, 0.25) is 5.91 Å². The highest BCUT2D eigenvalue weighted by molar-refractivity contribution is 6.35. The number of hydrogen-bond donors (Lipinski definition) is 1. The van der Waals surface area contributed by atoms with E-state index in [0.717, 1.165) is 11.4 Å². The van der Waals surface area contributed by atoms with Crippen molar-refractivity contribution in [3.8, 4) is 11.5 Å². The smallest absolute Gasteiger partial charge is 0.275 e. The lowest BCUT2D eigenvalue weighted by molar-refractivity contribution is -0.384. The van der Waals surface area contributed by atoms with Gasteiger partial charge in [-0.1, -0.05) is 23.2 Å². The molecule has 1 amide bonds. The van der Waals surface area contributed by atoms with E-state index in [9.17, 15) is 14.9 Å². The second kappa shape index (κ2) is 8.50. The van der Waals surface area contributed by atoms with Crippen molar-refractivity contribution in [1.29, 1.82) is 0 Å². The molecule has 0 saturated heterocycles. The third-order valence-electron chi connectivity index (χ3n) is 3.90. The normalized spacial score (nSPS) is 10.6. The van der Waals surface area contributed by atoms with Gasteiger partial charge in [-0.25, -0.2) is 0 Å². The van der Waals surface area contributed by atoms with Crippen molar-refractivity contribution in [2.24, 2.45) is 0 Å². The lowest BCUT2D eigenvalue weighted by Crippen LogP contribution is -2.20. The molecule has 0 spiro atoms. The average Bonchev–Trinajstić information content (AvgIpc) is 2.94. The Labute approximate surface area is 176 Å². The van der Waals surface area contributed by atoms with Gasteiger partial charge < -0.3 is 10.1 Å². The van der Waals surface area contributed by atoms with Crippen molar-refractivity contribution in [3.05, 3.63) is 74.0 Å². The molecule has 0 aliphatic heterocycles. The number of carbonyl (C=O) groups excluding carboxylic acids is 1. The number of nitro benzene ring substituents is 1. The summed E-state index contributed by atoms with van der Waals surface area (Å²) < 4.78 is 7.20. The third kappa shape index (κ3) is 5.24. The number of anilines is 1. The maximum Gasteiger partial charge on any atom is 0.275 e. The number of halogens is 2. The first kappa shape index (κ1) is 20.6. The fourth-order valence-electron chi connectivity index (χ4n) is 2.68. The van der Waals surface area contributed by atoms with Gasteiger partial charge in [0.25, 0.3) is 5.69 Å². The summed E-state index contributed by atoms with van der Waals surface area (Å²) >= 11 is 12.0. The highest BCUT2D eigenvalue weighted by Crippen LogP contribution is 2.34. The molecule has 0 aliphatic rings. The van der Waals surface area contributed by atoms with Crippen molar-refractivity contribution in [3.63, 3.8) is 0 Å². The number of aromatic nitrogens is 2. The molecule has 1 heterocycles. The van der Waals surface area contributed by atoms with Crippen molar-refractivity contribution in [1.82, 2.24) is 9.78 Å². The Balaban J connectivity index is 1.83. The maximum atomic E-state index is 12.4. The van der Waals surface area contributed by atoms with Crippen molar-refractivity contribution in [2.45, 2.75) is 20.4 Å². The maximum absolute atomic E-state index is 12.4. The second-order valence-electron chi connectivity index (χ2n) is 6.28. The molecule has 8 nitrogen and oxygen atoms in total. The summed E-state index contributed by atoms with van der Waals surface area (Å²) in [4.78, 5) is 23.1. The van der Waals surface area contributed by atoms with E-state index in [1.54, 1.807) is 16.8 Å². The number of amides is 1. The van der Waals surface area contributed by atoms with Gasteiger partial charge in [-0.15, -0.1) is 0 Å². The molecule has 0 radical (unpaired) electrons. The molecule has 2 aromatic carbocycles. The van der Waals surface area contributed by atoms with E-state index in [-0.39, 0.29) is 40.3 Å². The van der Waals surface area contributed by atoms with Gasteiger partial charge in [0.05, 0.1) is 27.4 Å². The number of benzene rings is 2. The van der Waals surface area contributed by atoms with E-state index in [1.807, 2.05) is 19.9 Å². The van der Waals surface area contributed by atoms with E-state index in [0.29, 0.717) is 5.02 Å². The number of aryl methyl sites for hydroxylation is 2. The molecule has 0 unspecified atom stereocenters. The number of nitrogens with one attached hydrogen (secondary N) is 1. The number of nitrogens with zero attached hydrogens (tertiary/aromatic N) is 3. The molecule has 0 saturated carbocycles. The molecule has 3 aromatic rings. The summed E-state index contributed by atoms with van der Waals surface area (Å²) in [6.45, 7) is 3.64. The van der Waals surface area contributed by atoms with Crippen LogP contribution in [0.15, 0.2) is 42.5 Å². The van der Waals surface area contributed by atoms with Gasteiger partial charge >= 0.3 is 0 Å². The largest absolute Gasteiger partial charge is 0.455 e. The first-order chi connectivity index (χ1) is 13.7. The first-order valence-corrected chi connectivity index (χ1v) is 9.20. The molecule has 29 heavy (non-hydrogen) atoms. The lowest BCUT2D eigenvalue weighted by atomic mass is 10.2.